The second-order valence-electron chi connectivity index (χ2n) is 5.81. The Hall–Kier alpha value is -1.22. The lowest BCUT2D eigenvalue weighted by Crippen LogP contribution is -2.33. The van der Waals surface area contributed by atoms with Gasteiger partial charge in [0.25, 0.3) is 0 Å². The van der Waals surface area contributed by atoms with Crippen molar-refractivity contribution in [3.8, 4) is 5.75 Å². The van der Waals surface area contributed by atoms with E-state index in [0.717, 1.165) is 30.1 Å². The van der Waals surface area contributed by atoms with Crippen molar-refractivity contribution in [3.63, 3.8) is 0 Å². The van der Waals surface area contributed by atoms with Crippen LogP contribution in [-0.2, 0) is 6.54 Å². The van der Waals surface area contributed by atoms with E-state index in [1.54, 1.807) is 7.11 Å². The lowest BCUT2D eigenvalue weighted by molar-refractivity contribution is 0.238. The highest BCUT2D eigenvalue weighted by Gasteiger charge is 2.21. The van der Waals surface area contributed by atoms with Gasteiger partial charge in [-0.2, -0.15) is 0 Å². The first-order chi connectivity index (χ1) is 8.36. The van der Waals surface area contributed by atoms with Crippen molar-refractivity contribution >= 4 is 5.69 Å². The van der Waals surface area contributed by atoms with Crippen molar-refractivity contribution < 1.29 is 4.74 Å². The van der Waals surface area contributed by atoms with Crippen molar-refractivity contribution in [1.82, 2.24) is 5.32 Å². The Bertz CT molecular complexity index is 386. The summed E-state index contributed by atoms with van der Waals surface area (Å²) in [6, 6.07) is 5.77. The van der Waals surface area contributed by atoms with Gasteiger partial charge in [0.2, 0.25) is 0 Å². The van der Waals surface area contributed by atoms with Gasteiger partial charge in [-0.1, -0.05) is 27.7 Å². The quantitative estimate of drug-likeness (QED) is 0.763. The van der Waals surface area contributed by atoms with Crippen LogP contribution < -0.4 is 15.8 Å². The van der Waals surface area contributed by atoms with Crippen LogP contribution in [0.1, 0.15) is 33.3 Å². The third-order valence-electron chi connectivity index (χ3n) is 3.81. The molecule has 0 unspecified atom stereocenters. The van der Waals surface area contributed by atoms with E-state index in [1.807, 2.05) is 18.2 Å². The predicted molar refractivity (Wildman–Crippen MR) is 77.7 cm³/mol. The molecule has 0 aliphatic rings. The van der Waals surface area contributed by atoms with Crippen molar-refractivity contribution in [2.45, 2.75) is 34.2 Å². The van der Waals surface area contributed by atoms with Gasteiger partial charge in [-0.3, -0.25) is 0 Å². The molecular weight excluding hydrogens is 224 g/mol. The number of benzene rings is 1. The largest absolute Gasteiger partial charge is 0.497 e. The summed E-state index contributed by atoms with van der Waals surface area (Å²) >= 11 is 0. The Morgan fingerprint density at radius 2 is 2.00 bits per heavy atom. The van der Waals surface area contributed by atoms with Crippen molar-refractivity contribution in [1.29, 1.82) is 0 Å². The SMILES string of the molecule is COc1ccc(N)c(CNCC(C)(C)C(C)C)c1. The van der Waals surface area contributed by atoms with E-state index in [9.17, 15) is 0 Å². The van der Waals surface area contributed by atoms with Gasteiger partial charge in [-0.05, 0) is 35.1 Å². The lowest BCUT2D eigenvalue weighted by Gasteiger charge is -2.29. The van der Waals surface area contributed by atoms with Crippen LogP contribution in [0.3, 0.4) is 0 Å². The molecule has 1 aromatic rings. The monoisotopic (exact) mass is 250 g/mol. The summed E-state index contributed by atoms with van der Waals surface area (Å²) in [5.74, 6) is 1.50. The van der Waals surface area contributed by atoms with Crippen LogP contribution >= 0.6 is 0 Å². The van der Waals surface area contributed by atoms with Crippen molar-refractivity contribution in [3.05, 3.63) is 23.8 Å². The van der Waals surface area contributed by atoms with Crippen molar-refractivity contribution in [2.24, 2.45) is 11.3 Å². The van der Waals surface area contributed by atoms with Gasteiger partial charge < -0.3 is 15.8 Å². The molecule has 0 radical (unpaired) electrons. The molecule has 3 N–H and O–H groups in total. The zero-order valence-electron chi connectivity index (χ0n) is 12.2. The maximum absolute atomic E-state index is 5.96. The van der Waals surface area contributed by atoms with Crippen LogP contribution in [0.4, 0.5) is 5.69 Å². The molecule has 0 amide bonds. The number of nitrogen functional groups attached to an aromatic ring is 1. The summed E-state index contributed by atoms with van der Waals surface area (Å²) in [5, 5.41) is 3.48. The Kier molecular flexibility index (Phi) is 5.03. The molecule has 3 heteroatoms. The average molecular weight is 250 g/mol. The molecule has 3 nitrogen and oxygen atoms in total. The fourth-order valence-electron chi connectivity index (χ4n) is 1.59. The summed E-state index contributed by atoms with van der Waals surface area (Å²) < 4.78 is 5.21. The first-order valence-electron chi connectivity index (χ1n) is 6.50. The summed E-state index contributed by atoms with van der Waals surface area (Å²) in [6.07, 6.45) is 0. The summed E-state index contributed by atoms with van der Waals surface area (Å²) in [6.45, 7) is 10.8. The van der Waals surface area contributed by atoms with E-state index < -0.39 is 0 Å². The number of methoxy groups -OCH3 is 1. The van der Waals surface area contributed by atoms with E-state index in [1.165, 1.54) is 0 Å². The fraction of sp³-hybridized carbons (Fsp3) is 0.600. The molecule has 0 bridgehead atoms. The lowest BCUT2D eigenvalue weighted by atomic mass is 9.81. The Morgan fingerprint density at radius 1 is 1.33 bits per heavy atom. The van der Waals surface area contributed by atoms with Crippen LogP contribution in [0.5, 0.6) is 5.75 Å². The summed E-state index contributed by atoms with van der Waals surface area (Å²) in [5.41, 5.74) is 8.15. The highest BCUT2D eigenvalue weighted by Crippen LogP contribution is 2.25. The minimum Gasteiger partial charge on any atom is -0.497 e. The average Bonchev–Trinajstić information content (AvgIpc) is 2.31. The van der Waals surface area contributed by atoms with E-state index in [0.29, 0.717) is 5.92 Å². The Labute approximate surface area is 111 Å². The van der Waals surface area contributed by atoms with E-state index in [2.05, 4.69) is 33.0 Å². The van der Waals surface area contributed by atoms with Gasteiger partial charge in [-0.25, -0.2) is 0 Å². The van der Waals surface area contributed by atoms with Gasteiger partial charge in [0.05, 0.1) is 7.11 Å². The molecule has 0 aromatic heterocycles. The number of rotatable bonds is 6. The minimum absolute atomic E-state index is 0.285. The van der Waals surface area contributed by atoms with Gasteiger partial charge >= 0.3 is 0 Å². The molecule has 0 heterocycles. The number of hydrogen-bond donors (Lipinski definition) is 2. The molecule has 102 valence electrons. The van der Waals surface area contributed by atoms with Gasteiger partial charge in [0.1, 0.15) is 5.75 Å². The number of nitrogens with two attached hydrogens (primary N) is 1. The number of nitrogens with one attached hydrogen (secondary N) is 1. The van der Waals surface area contributed by atoms with Crippen LogP contribution in [0.15, 0.2) is 18.2 Å². The molecule has 18 heavy (non-hydrogen) atoms. The normalized spacial score (nSPS) is 11.9. The Morgan fingerprint density at radius 3 is 2.56 bits per heavy atom. The summed E-state index contributed by atoms with van der Waals surface area (Å²) in [7, 11) is 1.67. The first-order valence-corrected chi connectivity index (χ1v) is 6.50. The maximum atomic E-state index is 5.96. The number of anilines is 1. The molecule has 0 saturated carbocycles. The zero-order valence-corrected chi connectivity index (χ0v) is 12.2. The highest BCUT2D eigenvalue weighted by atomic mass is 16.5. The smallest absolute Gasteiger partial charge is 0.119 e. The minimum atomic E-state index is 0.285. The number of ether oxygens (including phenoxy) is 1. The number of hydrogen-bond acceptors (Lipinski definition) is 3. The molecule has 0 saturated heterocycles. The fourth-order valence-corrected chi connectivity index (χ4v) is 1.59. The van der Waals surface area contributed by atoms with Crippen LogP contribution in [0, 0.1) is 11.3 Å². The molecule has 0 aliphatic heterocycles. The second-order valence-corrected chi connectivity index (χ2v) is 5.81. The van der Waals surface area contributed by atoms with Gasteiger partial charge in [0, 0.05) is 18.8 Å². The van der Waals surface area contributed by atoms with Gasteiger partial charge in [0.15, 0.2) is 0 Å². The highest BCUT2D eigenvalue weighted by molar-refractivity contribution is 5.50. The molecule has 0 fully saturated rings. The van der Waals surface area contributed by atoms with E-state index in [4.69, 9.17) is 10.5 Å². The second kappa shape index (κ2) is 6.10. The molecule has 0 aliphatic carbocycles. The third kappa shape index (κ3) is 3.91. The van der Waals surface area contributed by atoms with E-state index >= 15 is 0 Å². The maximum Gasteiger partial charge on any atom is 0.119 e. The van der Waals surface area contributed by atoms with Gasteiger partial charge in [-0.15, -0.1) is 0 Å². The standard InChI is InChI=1S/C15H26N2O/c1-11(2)15(3,4)10-17-9-12-8-13(18-5)6-7-14(12)16/h6-8,11,17H,9-10,16H2,1-5H3. The molecule has 0 spiro atoms. The predicted octanol–water partition coefficient (Wildman–Crippen LogP) is 3.05. The molecule has 1 aromatic carbocycles. The van der Waals surface area contributed by atoms with Crippen molar-refractivity contribution in [2.75, 3.05) is 19.4 Å². The van der Waals surface area contributed by atoms with Crippen LogP contribution in [0.25, 0.3) is 0 Å². The molecule has 1 rings (SSSR count). The molecule has 0 atom stereocenters. The topological polar surface area (TPSA) is 47.3 Å². The zero-order chi connectivity index (χ0) is 13.8. The van der Waals surface area contributed by atoms with Crippen LogP contribution in [0.2, 0.25) is 0 Å². The van der Waals surface area contributed by atoms with Crippen LogP contribution in [-0.4, -0.2) is 13.7 Å². The summed E-state index contributed by atoms with van der Waals surface area (Å²) in [4.78, 5) is 0. The first kappa shape index (κ1) is 14.8. The third-order valence-corrected chi connectivity index (χ3v) is 3.81. The molecular formula is C15H26N2O. The van der Waals surface area contributed by atoms with E-state index in [-0.39, 0.29) is 5.41 Å². The Balaban J connectivity index is 2.58.